The number of carbonyl (C=O) groups excluding carboxylic acids is 1. The molecule has 0 saturated heterocycles. The van der Waals surface area contributed by atoms with E-state index in [2.05, 4.69) is 10.6 Å². The van der Waals surface area contributed by atoms with Crippen LogP contribution in [0, 0.1) is 0 Å². The molecule has 3 heteroatoms. The second kappa shape index (κ2) is 5.67. The van der Waals surface area contributed by atoms with Gasteiger partial charge in [-0.2, -0.15) is 0 Å². The second-order valence-electron chi connectivity index (χ2n) is 4.70. The third kappa shape index (κ3) is 2.58. The van der Waals surface area contributed by atoms with Crippen LogP contribution in [0.4, 0.5) is 0 Å². The fourth-order valence-corrected chi connectivity index (χ4v) is 2.32. The van der Waals surface area contributed by atoms with Gasteiger partial charge in [-0.3, -0.25) is 4.79 Å². The van der Waals surface area contributed by atoms with Crippen molar-refractivity contribution in [3.63, 3.8) is 0 Å². The smallest absolute Gasteiger partial charge is 0.150 e. The number of ether oxygens (including phenoxy) is 1. The highest BCUT2D eigenvalue weighted by Gasteiger charge is 2.06. The van der Waals surface area contributed by atoms with Crippen molar-refractivity contribution < 1.29 is 9.53 Å². The number of benzene rings is 2. The van der Waals surface area contributed by atoms with Gasteiger partial charge in [0.2, 0.25) is 0 Å². The zero-order valence-electron chi connectivity index (χ0n) is 11.7. The van der Waals surface area contributed by atoms with E-state index in [-0.39, 0.29) is 0 Å². The van der Waals surface area contributed by atoms with Crippen molar-refractivity contribution in [2.45, 2.75) is 0 Å². The van der Waals surface area contributed by atoms with Gasteiger partial charge in [-0.15, -0.1) is 0 Å². The van der Waals surface area contributed by atoms with E-state index in [0.717, 1.165) is 29.0 Å². The van der Waals surface area contributed by atoms with Crippen LogP contribution in [-0.2, 0) is 0 Å². The molecule has 0 aliphatic carbocycles. The zero-order chi connectivity index (χ0) is 14.7. The van der Waals surface area contributed by atoms with E-state index in [4.69, 9.17) is 4.74 Å². The van der Waals surface area contributed by atoms with Crippen molar-refractivity contribution in [3.8, 4) is 22.7 Å². The number of methoxy groups -OCH3 is 1. The first-order valence-corrected chi connectivity index (χ1v) is 6.69. The fraction of sp³-hybridized carbons (Fsp3) is 0.0556. The van der Waals surface area contributed by atoms with Gasteiger partial charge in [-0.05, 0) is 42.0 Å². The summed E-state index contributed by atoms with van der Waals surface area (Å²) >= 11 is 0. The minimum Gasteiger partial charge on any atom is -0.497 e. The predicted octanol–water partition coefficient (Wildman–Crippen LogP) is 3.97. The summed E-state index contributed by atoms with van der Waals surface area (Å²) in [4.78, 5) is 10.7. The number of hydrogen-bond donors (Lipinski definition) is 0. The molecule has 0 radical (unpaired) electrons. The highest BCUT2D eigenvalue weighted by molar-refractivity contribution is 5.76. The number of aromatic nitrogens is 1. The summed E-state index contributed by atoms with van der Waals surface area (Å²) in [7, 11) is 1.66. The van der Waals surface area contributed by atoms with E-state index in [9.17, 15) is 4.79 Å². The van der Waals surface area contributed by atoms with Crippen molar-refractivity contribution in [2.24, 2.45) is 0 Å². The standard InChI is InChI=1S/C18H15NO2/c1-21-17-10-8-16(9-11-17)19-12-2-3-18(19)15-6-4-14(13-20)5-7-15/h2-13H,1H3. The number of carbonyl (C=O) groups is 1. The largest absolute Gasteiger partial charge is 0.497 e. The molecule has 2 aromatic carbocycles. The normalized spacial score (nSPS) is 10.3. The van der Waals surface area contributed by atoms with Crippen LogP contribution >= 0.6 is 0 Å². The highest BCUT2D eigenvalue weighted by atomic mass is 16.5. The maximum absolute atomic E-state index is 10.7. The van der Waals surface area contributed by atoms with E-state index >= 15 is 0 Å². The van der Waals surface area contributed by atoms with Crippen LogP contribution in [-0.4, -0.2) is 18.0 Å². The SMILES string of the molecule is COc1ccc(-n2cccc2-c2ccc(C=O)cc2)cc1. The molecule has 0 unspecified atom stereocenters. The summed E-state index contributed by atoms with van der Waals surface area (Å²) in [5, 5.41) is 0. The minimum absolute atomic E-state index is 0.682. The van der Waals surface area contributed by atoms with Crippen LogP contribution in [0.25, 0.3) is 16.9 Å². The van der Waals surface area contributed by atoms with Crippen LogP contribution in [0.1, 0.15) is 10.4 Å². The molecule has 0 amide bonds. The number of rotatable bonds is 4. The van der Waals surface area contributed by atoms with Gasteiger partial charge < -0.3 is 9.30 Å². The van der Waals surface area contributed by atoms with Gasteiger partial charge in [0, 0.05) is 17.4 Å². The summed E-state index contributed by atoms with van der Waals surface area (Å²) in [6.45, 7) is 0. The molecular weight excluding hydrogens is 262 g/mol. The molecule has 21 heavy (non-hydrogen) atoms. The Labute approximate surface area is 123 Å². The predicted molar refractivity (Wildman–Crippen MR) is 83.1 cm³/mol. The van der Waals surface area contributed by atoms with Gasteiger partial charge in [0.25, 0.3) is 0 Å². The molecule has 3 nitrogen and oxygen atoms in total. The van der Waals surface area contributed by atoms with Crippen LogP contribution in [0.15, 0.2) is 66.9 Å². The minimum atomic E-state index is 0.682. The van der Waals surface area contributed by atoms with Crippen molar-refractivity contribution in [2.75, 3.05) is 7.11 Å². The third-order valence-electron chi connectivity index (χ3n) is 3.44. The van der Waals surface area contributed by atoms with Gasteiger partial charge in [0.15, 0.2) is 0 Å². The van der Waals surface area contributed by atoms with Gasteiger partial charge in [0.05, 0.1) is 12.8 Å². The van der Waals surface area contributed by atoms with E-state index in [1.165, 1.54) is 0 Å². The molecule has 0 saturated carbocycles. The monoisotopic (exact) mass is 277 g/mol. The lowest BCUT2D eigenvalue weighted by Gasteiger charge is -2.10. The molecule has 0 aliphatic rings. The maximum atomic E-state index is 10.7. The first-order valence-electron chi connectivity index (χ1n) is 6.69. The molecular formula is C18H15NO2. The Bertz CT molecular complexity index is 740. The summed E-state index contributed by atoms with van der Waals surface area (Å²) in [5.41, 5.74) is 3.90. The Morgan fingerprint density at radius 3 is 2.29 bits per heavy atom. The average Bonchev–Trinajstić information content (AvgIpc) is 3.04. The molecule has 0 fully saturated rings. The number of nitrogens with zero attached hydrogens (tertiary/aromatic N) is 1. The second-order valence-corrected chi connectivity index (χ2v) is 4.70. The molecule has 1 heterocycles. The molecule has 0 aliphatic heterocycles. The fourth-order valence-electron chi connectivity index (χ4n) is 2.32. The van der Waals surface area contributed by atoms with Crippen molar-refractivity contribution in [1.82, 2.24) is 4.57 Å². The lowest BCUT2D eigenvalue weighted by Crippen LogP contribution is -1.95. The van der Waals surface area contributed by atoms with Gasteiger partial charge in [0.1, 0.15) is 12.0 Å². The summed E-state index contributed by atoms with van der Waals surface area (Å²) in [6, 6.07) is 19.5. The molecule has 0 bridgehead atoms. The lowest BCUT2D eigenvalue weighted by atomic mass is 10.1. The molecule has 0 spiro atoms. The molecule has 0 atom stereocenters. The van der Waals surface area contributed by atoms with Crippen LogP contribution in [0.5, 0.6) is 5.75 Å². The Hall–Kier alpha value is -2.81. The number of hydrogen-bond acceptors (Lipinski definition) is 2. The Morgan fingerprint density at radius 2 is 1.67 bits per heavy atom. The molecule has 3 aromatic rings. The summed E-state index contributed by atoms with van der Waals surface area (Å²) in [5.74, 6) is 0.836. The molecule has 1 aromatic heterocycles. The lowest BCUT2D eigenvalue weighted by molar-refractivity contribution is 0.112. The quantitative estimate of drug-likeness (QED) is 0.676. The van der Waals surface area contributed by atoms with Crippen molar-refractivity contribution in [1.29, 1.82) is 0 Å². The van der Waals surface area contributed by atoms with E-state index in [0.29, 0.717) is 5.56 Å². The van der Waals surface area contributed by atoms with Crippen molar-refractivity contribution in [3.05, 3.63) is 72.4 Å². The Kier molecular flexibility index (Phi) is 3.56. The van der Waals surface area contributed by atoms with E-state index in [1.807, 2.05) is 60.8 Å². The van der Waals surface area contributed by atoms with E-state index in [1.54, 1.807) is 7.11 Å². The topological polar surface area (TPSA) is 31.2 Å². The summed E-state index contributed by atoms with van der Waals surface area (Å²) < 4.78 is 7.29. The van der Waals surface area contributed by atoms with Crippen LogP contribution in [0.3, 0.4) is 0 Å². The third-order valence-corrected chi connectivity index (χ3v) is 3.44. The average molecular weight is 277 g/mol. The maximum Gasteiger partial charge on any atom is 0.150 e. The van der Waals surface area contributed by atoms with E-state index < -0.39 is 0 Å². The van der Waals surface area contributed by atoms with Gasteiger partial charge in [-0.1, -0.05) is 24.3 Å². The van der Waals surface area contributed by atoms with Gasteiger partial charge >= 0.3 is 0 Å². The van der Waals surface area contributed by atoms with Crippen LogP contribution < -0.4 is 4.74 Å². The molecule has 0 N–H and O–H groups in total. The van der Waals surface area contributed by atoms with Crippen LogP contribution in [0.2, 0.25) is 0 Å². The van der Waals surface area contributed by atoms with Crippen molar-refractivity contribution >= 4 is 6.29 Å². The number of aldehydes is 1. The highest BCUT2D eigenvalue weighted by Crippen LogP contribution is 2.25. The summed E-state index contributed by atoms with van der Waals surface area (Å²) in [6.07, 6.45) is 2.87. The first kappa shape index (κ1) is 13.2. The van der Waals surface area contributed by atoms with Gasteiger partial charge in [-0.25, -0.2) is 0 Å². The molecule has 104 valence electrons. The molecule has 3 rings (SSSR count). The first-order chi connectivity index (χ1) is 10.3. The zero-order valence-corrected chi connectivity index (χ0v) is 11.7. The Balaban J connectivity index is 2.00. The Morgan fingerprint density at radius 1 is 0.952 bits per heavy atom.